The van der Waals surface area contributed by atoms with E-state index in [4.69, 9.17) is 13.9 Å². The van der Waals surface area contributed by atoms with Gasteiger partial charge in [-0.05, 0) is 45.0 Å². The third kappa shape index (κ3) is 4.76. The first-order chi connectivity index (χ1) is 17.2. The standard InChI is InChI=1S/C24H28N6O5S/c1-14-12-26-18(13-25-14)16(3)17(4)36(31,32)29-24-28-27-23(21-11-10-15(2)35-21)30(24)22-19(33-5)8-7-9-20(22)34-6/h7-13,16-17H,1-6H3,(H,28,29). The molecule has 0 aliphatic rings. The zero-order valence-electron chi connectivity index (χ0n) is 20.9. The van der Waals surface area contributed by atoms with Crippen molar-refractivity contribution in [1.29, 1.82) is 0 Å². The van der Waals surface area contributed by atoms with Crippen LogP contribution in [-0.4, -0.2) is 52.6 Å². The van der Waals surface area contributed by atoms with Crippen LogP contribution in [0.4, 0.5) is 5.95 Å². The molecule has 4 aromatic rings. The van der Waals surface area contributed by atoms with Crippen molar-refractivity contribution in [3.63, 3.8) is 0 Å². The van der Waals surface area contributed by atoms with Crippen LogP contribution in [0.2, 0.25) is 0 Å². The summed E-state index contributed by atoms with van der Waals surface area (Å²) in [5, 5.41) is 7.54. The van der Waals surface area contributed by atoms with E-state index in [0.29, 0.717) is 34.4 Å². The number of rotatable bonds is 9. The molecule has 2 unspecified atom stereocenters. The number of sulfonamides is 1. The van der Waals surface area contributed by atoms with Crippen LogP contribution in [0.5, 0.6) is 11.5 Å². The third-order valence-electron chi connectivity index (χ3n) is 5.94. The molecule has 2 atom stereocenters. The summed E-state index contributed by atoms with van der Waals surface area (Å²) in [6.07, 6.45) is 3.20. The Morgan fingerprint density at radius 2 is 1.67 bits per heavy atom. The molecule has 0 saturated heterocycles. The molecule has 0 fully saturated rings. The molecule has 1 N–H and O–H groups in total. The quantitative estimate of drug-likeness (QED) is 0.354. The zero-order valence-corrected chi connectivity index (χ0v) is 21.7. The minimum atomic E-state index is -3.96. The second-order valence-corrected chi connectivity index (χ2v) is 10.4. The molecule has 190 valence electrons. The summed E-state index contributed by atoms with van der Waals surface area (Å²) >= 11 is 0. The van der Waals surface area contributed by atoms with Gasteiger partial charge in [-0.3, -0.25) is 19.3 Å². The summed E-state index contributed by atoms with van der Waals surface area (Å²) in [4.78, 5) is 8.58. The fraction of sp³-hybridized carbons (Fsp3) is 0.333. The van der Waals surface area contributed by atoms with Gasteiger partial charge in [-0.25, -0.2) is 8.42 Å². The van der Waals surface area contributed by atoms with Crippen LogP contribution in [0.3, 0.4) is 0 Å². The normalized spacial score (nSPS) is 13.3. The highest BCUT2D eigenvalue weighted by Crippen LogP contribution is 2.38. The van der Waals surface area contributed by atoms with Gasteiger partial charge in [-0.2, -0.15) is 0 Å². The molecule has 3 heterocycles. The number of hydrogen-bond acceptors (Lipinski definition) is 9. The largest absolute Gasteiger partial charge is 0.494 e. The number of benzene rings is 1. The lowest BCUT2D eigenvalue weighted by Crippen LogP contribution is -2.31. The third-order valence-corrected chi connectivity index (χ3v) is 7.80. The summed E-state index contributed by atoms with van der Waals surface area (Å²) in [5.74, 6) is 1.69. The number of aryl methyl sites for hydroxylation is 2. The van der Waals surface area contributed by atoms with Crippen LogP contribution in [0.1, 0.15) is 36.9 Å². The van der Waals surface area contributed by atoms with Gasteiger partial charge in [0.2, 0.25) is 21.8 Å². The molecule has 0 bridgehead atoms. The van der Waals surface area contributed by atoms with E-state index in [1.807, 2.05) is 6.92 Å². The van der Waals surface area contributed by atoms with Crippen molar-refractivity contribution in [2.75, 3.05) is 18.9 Å². The van der Waals surface area contributed by atoms with Crippen molar-refractivity contribution in [1.82, 2.24) is 24.7 Å². The number of methoxy groups -OCH3 is 2. The van der Waals surface area contributed by atoms with E-state index in [1.165, 1.54) is 18.8 Å². The highest BCUT2D eigenvalue weighted by Gasteiger charge is 2.32. The first-order valence-electron chi connectivity index (χ1n) is 11.2. The second-order valence-electron chi connectivity index (χ2n) is 8.33. The predicted molar refractivity (Wildman–Crippen MR) is 134 cm³/mol. The van der Waals surface area contributed by atoms with Gasteiger partial charge in [0.1, 0.15) is 22.9 Å². The summed E-state index contributed by atoms with van der Waals surface area (Å²) < 4.78 is 48.0. The lowest BCUT2D eigenvalue weighted by atomic mass is 10.1. The highest BCUT2D eigenvalue weighted by atomic mass is 32.2. The van der Waals surface area contributed by atoms with Gasteiger partial charge >= 0.3 is 0 Å². The smallest absolute Gasteiger partial charge is 0.243 e. The SMILES string of the molecule is COc1cccc(OC)c1-n1c(NS(=O)(=O)C(C)C(C)c2cnc(C)cn2)nnc1-c1ccc(C)o1. The lowest BCUT2D eigenvalue weighted by molar-refractivity contribution is 0.391. The molecule has 11 nitrogen and oxygen atoms in total. The monoisotopic (exact) mass is 512 g/mol. The van der Waals surface area contributed by atoms with Crippen LogP contribution < -0.4 is 14.2 Å². The van der Waals surface area contributed by atoms with E-state index in [-0.39, 0.29) is 11.8 Å². The Morgan fingerprint density at radius 1 is 0.972 bits per heavy atom. The molecule has 0 saturated carbocycles. The zero-order chi connectivity index (χ0) is 26.0. The molecule has 36 heavy (non-hydrogen) atoms. The van der Waals surface area contributed by atoms with Crippen LogP contribution in [0.15, 0.2) is 47.1 Å². The first kappa shape index (κ1) is 25.2. The Bertz CT molecular complexity index is 1440. The van der Waals surface area contributed by atoms with Crippen LogP contribution in [-0.2, 0) is 10.0 Å². The number of furan rings is 1. The van der Waals surface area contributed by atoms with Crippen molar-refractivity contribution in [2.24, 2.45) is 0 Å². The number of para-hydroxylation sites is 1. The molecule has 1 aromatic carbocycles. The van der Waals surface area contributed by atoms with E-state index in [9.17, 15) is 8.42 Å². The molecule has 0 aliphatic heterocycles. The van der Waals surface area contributed by atoms with Crippen molar-refractivity contribution in [3.05, 3.63) is 59.9 Å². The fourth-order valence-corrected chi connectivity index (χ4v) is 4.94. The maximum absolute atomic E-state index is 13.5. The fourth-order valence-electron chi connectivity index (χ4n) is 3.70. The Kier molecular flexibility index (Phi) is 6.97. The van der Waals surface area contributed by atoms with Crippen LogP contribution >= 0.6 is 0 Å². The molecule has 4 rings (SSSR count). The molecular weight excluding hydrogens is 484 g/mol. The van der Waals surface area contributed by atoms with E-state index < -0.39 is 21.2 Å². The molecule has 0 amide bonds. The van der Waals surface area contributed by atoms with Crippen molar-refractivity contribution in [3.8, 4) is 28.8 Å². The van der Waals surface area contributed by atoms with E-state index in [0.717, 1.165) is 5.69 Å². The topological polar surface area (TPSA) is 134 Å². The van der Waals surface area contributed by atoms with Crippen molar-refractivity contribution in [2.45, 2.75) is 38.9 Å². The maximum atomic E-state index is 13.5. The van der Waals surface area contributed by atoms with Gasteiger partial charge < -0.3 is 13.9 Å². The lowest BCUT2D eigenvalue weighted by Gasteiger charge is -2.21. The summed E-state index contributed by atoms with van der Waals surface area (Å²) in [6.45, 7) is 7.01. The van der Waals surface area contributed by atoms with E-state index in [1.54, 1.807) is 63.5 Å². The van der Waals surface area contributed by atoms with Gasteiger partial charge in [-0.1, -0.05) is 13.0 Å². The first-order valence-corrected chi connectivity index (χ1v) is 12.7. The number of ether oxygens (including phenoxy) is 2. The van der Waals surface area contributed by atoms with E-state index in [2.05, 4.69) is 24.9 Å². The maximum Gasteiger partial charge on any atom is 0.243 e. The number of aromatic nitrogens is 5. The van der Waals surface area contributed by atoms with Crippen LogP contribution in [0.25, 0.3) is 17.3 Å². The number of anilines is 1. The number of nitrogens with one attached hydrogen (secondary N) is 1. The Balaban J connectivity index is 1.81. The number of hydrogen-bond donors (Lipinski definition) is 1. The van der Waals surface area contributed by atoms with Crippen LogP contribution in [0, 0.1) is 13.8 Å². The molecule has 12 heteroatoms. The Labute approximate surface area is 209 Å². The summed E-state index contributed by atoms with van der Waals surface area (Å²) in [7, 11) is -0.939. The Hall–Kier alpha value is -3.93. The van der Waals surface area contributed by atoms with Gasteiger partial charge in [0, 0.05) is 18.3 Å². The molecule has 0 spiro atoms. The summed E-state index contributed by atoms with van der Waals surface area (Å²) in [5.41, 5.74) is 1.73. The van der Waals surface area contributed by atoms with Gasteiger partial charge in [0.15, 0.2) is 5.76 Å². The van der Waals surface area contributed by atoms with Gasteiger partial charge in [-0.15, -0.1) is 10.2 Å². The van der Waals surface area contributed by atoms with Crippen molar-refractivity contribution >= 4 is 16.0 Å². The van der Waals surface area contributed by atoms with Gasteiger partial charge in [0.05, 0.1) is 30.9 Å². The van der Waals surface area contributed by atoms with E-state index >= 15 is 0 Å². The summed E-state index contributed by atoms with van der Waals surface area (Å²) in [6, 6.07) is 8.74. The molecule has 0 radical (unpaired) electrons. The average molecular weight is 513 g/mol. The Morgan fingerprint density at radius 3 is 2.22 bits per heavy atom. The van der Waals surface area contributed by atoms with Gasteiger partial charge in [0.25, 0.3) is 0 Å². The minimum Gasteiger partial charge on any atom is -0.494 e. The molecule has 0 aliphatic carbocycles. The van der Waals surface area contributed by atoms with Crippen molar-refractivity contribution < 1.29 is 22.3 Å². The molecule has 3 aromatic heterocycles. The predicted octanol–water partition coefficient (Wildman–Crippen LogP) is 3.89. The minimum absolute atomic E-state index is 0.0455. The average Bonchev–Trinajstić information content (AvgIpc) is 3.48. The number of nitrogens with zero attached hydrogens (tertiary/aromatic N) is 5. The molecular formula is C24H28N6O5S. The second kappa shape index (κ2) is 9.97. The highest BCUT2D eigenvalue weighted by molar-refractivity contribution is 7.93.